The number of rotatable bonds is 3. The van der Waals surface area contributed by atoms with Gasteiger partial charge in [0, 0.05) is 55.6 Å². The van der Waals surface area contributed by atoms with Crippen molar-refractivity contribution >= 4 is 17.3 Å². The van der Waals surface area contributed by atoms with Crippen LogP contribution in [0.5, 0.6) is 5.88 Å². The van der Waals surface area contributed by atoms with Crippen LogP contribution in [-0.2, 0) is 25.9 Å². The minimum absolute atomic E-state index is 0.578. The van der Waals surface area contributed by atoms with Crippen molar-refractivity contribution < 1.29 is 4.74 Å². The maximum absolute atomic E-state index is 5.72. The van der Waals surface area contributed by atoms with Gasteiger partial charge in [0.05, 0.1) is 23.3 Å². The highest BCUT2D eigenvalue weighted by Crippen LogP contribution is 2.37. The normalized spacial score (nSPS) is 16.8. The standard InChI is InChI=1S/C23H26N8O/c1-13-17(11-28-22-20(13)26-6-7-32-22)21-16-2-4-25-12-19(16)30-23(31-21)29-15-8-14-9-24-5-3-18(14)27-10-15/h8,10-11,24-26H,2-7,9,12H2,1H3,(H,29,30,31). The van der Waals surface area contributed by atoms with Crippen LogP contribution in [-0.4, -0.2) is 46.2 Å². The van der Waals surface area contributed by atoms with Crippen molar-refractivity contribution in [2.75, 3.05) is 36.9 Å². The van der Waals surface area contributed by atoms with Crippen molar-refractivity contribution in [1.29, 1.82) is 0 Å². The third-order valence-electron chi connectivity index (χ3n) is 6.31. The highest BCUT2D eigenvalue weighted by Gasteiger charge is 2.23. The number of pyridine rings is 2. The van der Waals surface area contributed by atoms with Gasteiger partial charge in [0.25, 0.3) is 0 Å². The summed E-state index contributed by atoms with van der Waals surface area (Å²) >= 11 is 0. The van der Waals surface area contributed by atoms with Gasteiger partial charge in [-0.1, -0.05) is 0 Å². The van der Waals surface area contributed by atoms with E-state index in [1.807, 2.05) is 12.4 Å². The van der Waals surface area contributed by atoms with Crippen LogP contribution in [0.3, 0.4) is 0 Å². The molecule has 9 heteroatoms. The van der Waals surface area contributed by atoms with Gasteiger partial charge in [-0.15, -0.1) is 0 Å². The molecule has 6 heterocycles. The molecule has 0 unspecified atom stereocenters. The lowest BCUT2D eigenvalue weighted by atomic mass is 9.97. The molecule has 4 N–H and O–H groups in total. The minimum atomic E-state index is 0.578. The van der Waals surface area contributed by atoms with Gasteiger partial charge in [-0.25, -0.2) is 15.0 Å². The Kier molecular flexibility index (Phi) is 4.84. The number of ether oxygens (including phenoxy) is 1. The molecule has 0 radical (unpaired) electrons. The first kappa shape index (κ1) is 19.4. The van der Waals surface area contributed by atoms with Crippen molar-refractivity contribution in [3.8, 4) is 17.1 Å². The van der Waals surface area contributed by atoms with E-state index in [1.54, 1.807) is 0 Å². The van der Waals surface area contributed by atoms with Gasteiger partial charge in [0.2, 0.25) is 11.8 Å². The zero-order chi connectivity index (χ0) is 21.5. The van der Waals surface area contributed by atoms with E-state index in [2.05, 4.69) is 44.2 Å². The van der Waals surface area contributed by atoms with E-state index in [0.717, 1.165) is 85.1 Å². The SMILES string of the molecule is Cc1c(-c2nc(Nc3cnc4c(c3)CNCC4)nc3c2CCNC3)cnc2c1NCCO2. The summed E-state index contributed by atoms with van der Waals surface area (Å²) in [6.45, 7) is 6.96. The summed E-state index contributed by atoms with van der Waals surface area (Å²) in [6, 6.07) is 2.14. The summed E-state index contributed by atoms with van der Waals surface area (Å²) in [7, 11) is 0. The van der Waals surface area contributed by atoms with Crippen LogP contribution >= 0.6 is 0 Å². The lowest BCUT2D eigenvalue weighted by Crippen LogP contribution is -2.26. The van der Waals surface area contributed by atoms with Gasteiger partial charge in [0.1, 0.15) is 12.3 Å². The molecule has 0 aromatic carbocycles. The summed E-state index contributed by atoms with van der Waals surface area (Å²) in [4.78, 5) is 19.0. The molecule has 0 atom stereocenters. The van der Waals surface area contributed by atoms with Crippen LogP contribution in [0.25, 0.3) is 11.3 Å². The fraction of sp³-hybridized carbons (Fsp3) is 0.391. The maximum atomic E-state index is 5.72. The Morgan fingerprint density at radius 2 is 1.88 bits per heavy atom. The Morgan fingerprint density at radius 1 is 0.969 bits per heavy atom. The molecule has 3 aliphatic heterocycles. The Bertz CT molecular complexity index is 1200. The fourth-order valence-electron chi connectivity index (χ4n) is 4.64. The highest BCUT2D eigenvalue weighted by molar-refractivity contribution is 5.77. The Labute approximate surface area is 186 Å². The second-order valence-corrected chi connectivity index (χ2v) is 8.38. The monoisotopic (exact) mass is 430 g/mol. The number of anilines is 3. The van der Waals surface area contributed by atoms with Gasteiger partial charge < -0.3 is 26.0 Å². The van der Waals surface area contributed by atoms with Crippen molar-refractivity contribution in [2.24, 2.45) is 0 Å². The second-order valence-electron chi connectivity index (χ2n) is 8.38. The number of aromatic nitrogens is 4. The average Bonchev–Trinajstić information content (AvgIpc) is 2.84. The Hall–Kier alpha value is -3.30. The first-order valence-corrected chi connectivity index (χ1v) is 11.2. The molecule has 3 aliphatic rings. The van der Waals surface area contributed by atoms with Gasteiger partial charge in [-0.05, 0) is 37.1 Å². The molecular weight excluding hydrogens is 404 g/mol. The van der Waals surface area contributed by atoms with E-state index in [4.69, 9.17) is 14.7 Å². The van der Waals surface area contributed by atoms with Gasteiger partial charge in [-0.2, -0.15) is 0 Å². The Balaban J connectivity index is 1.42. The molecule has 3 aromatic heterocycles. The molecule has 32 heavy (non-hydrogen) atoms. The summed E-state index contributed by atoms with van der Waals surface area (Å²) in [5.74, 6) is 1.24. The third-order valence-corrected chi connectivity index (χ3v) is 6.31. The summed E-state index contributed by atoms with van der Waals surface area (Å²) in [5.41, 5.74) is 9.50. The van der Waals surface area contributed by atoms with Crippen LogP contribution in [0.2, 0.25) is 0 Å². The molecule has 6 rings (SSSR count). The quantitative estimate of drug-likeness (QED) is 0.497. The summed E-state index contributed by atoms with van der Waals surface area (Å²) in [5, 5.41) is 13.7. The van der Waals surface area contributed by atoms with Crippen molar-refractivity contribution in [1.82, 2.24) is 30.6 Å². The largest absolute Gasteiger partial charge is 0.474 e. The average molecular weight is 431 g/mol. The molecular formula is C23H26N8O. The van der Waals surface area contributed by atoms with Gasteiger partial charge in [-0.3, -0.25) is 4.98 Å². The molecule has 0 aliphatic carbocycles. The van der Waals surface area contributed by atoms with Crippen LogP contribution in [0.15, 0.2) is 18.5 Å². The van der Waals surface area contributed by atoms with Crippen LogP contribution in [0.4, 0.5) is 17.3 Å². The smallest absolute Gasteiger partial charge is 0.237 e. The van der Waals surface area contributed by atoms with E-state index in [-0.39, 0.29) is 0 Å². The van der Waals surface area contributed by atoms with Crippen LogP contribution in [0, 0.1) is 6.92 Å². The van der Waals surface area contributed by atoms with E-state index in [1.165, 1.54) is 11.1 Å². The zero-order valence-electron chi connectivity index (χ0n) is 18.1. The third kappa shape index (κ3) is 3.43. The predicted molar refractivity (Wildman–Crippen MR) is 122 cm³/mol. The maximum Gasteiger partial charge on any atom is 0.237 e. The van der Waals surface area contributed by atoms with Crippen molar-refractivity contribution in [3.05, 3.63) is 46.5 Å². The van der Waals surface area contributed by atoms with E-state index in [9.17, 15) is 0 Å². The first-order valence-electron chi connectivity index (χ1n) is 11.2. The highest BCUT2D eigenvalue weighted by atomic mass is 16.5. The first-order chi connectivity index (χ1) is 15.8. The van der Waals surface area contributed by atoms with Crippen molar-refractivity contribution in [2.45, 2.75) is 32.9 Å². The molecule has 9 nitrogen and oxygen atoms in total. The molecule has 0 saturated carbocycles. The number of nitrogens with one attached hydrogen (secondary N) is 4. The van der Waals surface area contributed by atoms with Gasteiger partial charge in [0.15, 0.2) is 0 Å². The van der Waals surface area contributed by atoms with Gasteiger partial charge >= 0.3 is 0 Å². The van der Waals surface area contributed by atoms with Crippen LogP contribution in [0.1, 0.15) is 28.1 Å². The van der Waals surface area contributed by atoms with E-state index >= 15 is 0 Å². The second kappa shape index (κ2) is 7.99. The predicted octanol–water partition coefficient (Wildman–Crippen LogP) is 2.08. The van der Waals surface area contributed by atoms with E-state index in [0.29, 0.717) is 18.4 Å². The minimum Gasteiger partial charge on any atom is -0.474 e. The zero-order valence-corrected chi connectivity index (χ0v) is 18.1. The van der Waals surface area contributed by atoms with Crippen molar-refractivity contribution in [3.63, 3.8) is 0 Å². The molecule has 164 valence electrons. The molecule has 0 bridgehead atoms. The topological polar surface area (TPSA) is 109 Å². The summed E-state index contributed by atoms with van der Waals surface area (Å²) < 4.78 is 5.72. The fourth-order valence-corrected chi connectivity index (χ4v) is 4.64. The Morgan fingerprint density at radius 3 is 2.84 bits per heavy atom. The van der Waals surface area contributed by atoms with E-state index < -0.39 is 0 Å². The molecule has 0 saturated heterocycles. The van der Waals surface area contributed by atoms with Crippen LogP contribution < -0.4 is 26.0 Å². The summed E-state index contributed by atoms with van der Waals surface area (Å²) in [6.07, 6.45) is 5.60. The number of hydrogen-bond acceptors (Lipinski definition) is 9. The number of nitrogens with zero attached hydrogens (tertiary/aromatic N) is 4. The lowest BCUT2D eigenvalue weighted by Gasteiger charge is -2.24. The number of fused-ring (bicyclic) bond motifs is 3. The molecule has 3 aromatic rings. The molecule has 0 spiro atoms. The number of hydrogen-bond donors (Lipinski definition) is 4. The molecule has 0 amide bonds. The lowest BCUT2D eigenvalue weighted by molar-refractivity contribution is 0.310. The molecule has 0 fully saturated rings.